The summed E-state index contributed by atoms with van der Waals surface area (Å²) in [6.07, 6.45) is 4.11. The number of unbranched alkanes of at least 4 members (excludes halogenated alkanes) is 2. The summed E-state index contributed by atoms with van der Waals surface area (Å²) in [5.41, 5.74) is 10.6. The number of nitrogen functional groups attached to an aromatic ring is 1. The number of aromatic nitrogens is 2. The van der Waals surface area contributed by atoms with Gasteiger partial charge in [-0.25, -0.2) is 4.68 Å². The second kappa shape index (κ2) is 6.57. The maximum absolute atomic E-state index is 11.4. The van der Waals surface area contributed by atoms with Crippen molar-refractivity contribution >= 4 is 12.1 Å². The van der Waals surface area contributed by atoms with Crippen molar-refractivity contribution in [1.82, 2.24) is 9.78 Å². The fraction of sp³-hybridized carbons (Fsp3) is 0.412. The highest BCUT2D eigenvalue weighted by Gasteiger charge is 2.17. The minimum Gasteiger partial charge on any atom is -0.383 e. The summed E-state index contributed by atoms with van der Waals surface area (Å²) in [6.45, 7) is 6.99. The highest BCUT2D eigenvalue weighted by molar-refractivity contribution is 5.92. The van der Waals surface area contributed by atoms with Crippen LogP contribution in [0.2, 0.25) is 0 Å². The molecule has 1 heterocycles. The Labute approximate surface area is 126 Å². The van der Waals surface area contributed by atoms with E-state index in [1.54, 1.807) is 4.68 Å². The summed E-state index contributed by atoms with van der Waals surface area (Å²) in [5.74, 6) is 0.469. The number of rotatable bonds is 6. The molecule has 0 aliphatic heterocycles. The number of nitrogens with zero attached hydrogens (tertiary/aromatic N) is 2. The lowest BCUT2D eigenvalue weighted by Gasteiger charge is -2.04. The average molecular weight is 285 g/mol. The van der Waals surface area contributed by atoms with Gasteiger partial charge in [0.15, 0.2) is 6.29 Å². The standard InChI is InChI=1S/C17H23N3O/c1-4-5-6-9-20-17(18)15(11-21)16(19-20)14-8-7-12(2)10-13(14)3/h7-8,10-11H,4-6,9,18H2,1-3H3. The lowest BCUT2D eigenvalue weighted by Crippen LogP contribution is -2.05. The second-order valence-corrected chi connectivity index (χ2v) is 5.51. The van der Waals surface area contributed by atoms with Crippen LogP contribution in [0, 0.1) is 13.8 Å². The summed E-state index contributed by atoms with van der Waals surface area (Å²) in [6, 6.07) is 6.13. The molecule has 0 bridgehead atoms. The third-order valence-corrected chi connectivity index (χ3v) is 3.76. The van der Waals surface area contributed by atoms with E-state index in [-0.39, 0.29) is 0 Å². The van der Waals surface area contributed by atoms with Gasteiger partial charge >= 0.3 is 0 Å². The Bertz CT molecular complexity index is 644. The molecule has 2 rings (SSSR count). The summed E-state index contributed by atoms with van der Waals surface area (Å²) < 4.78 is 1.76. The molecule has 0 aliphatic rings. The first kappa shape index (κ1) is 15.3. The van der Waals surface area contributed by atoms with Crippen molar-refractivity contribution in [3.05, 3.63) is 34.9 Å². The molecule has 0 aliphatic carbocycles. The molecule has 0 saturated heterocycles. The molecule has 0 spiro atoms. The van der Waals surface area contributed by atoms with Crippen LogP contribution in [0.1, 0.15) is 47.7 Å². The van der Waals surface area contributed by atoms with Crippen LogP contribution < -0.4 is 5.73 Å². The number of hydrogen-bond donors (Lipinski definition) is 1. The summed E-state index contributed by atoms with van der Waals surface area (Å²) in [5, 5.41) is 4.57. The molecule has 1 aromatic carbocycles. The zero-order chi connectivity index (χ0) is 15.4. The van der Waals surface area contributed by atoms with E-state index in [2.05, 4.69) is 25.0 Å². The monoisotopic (exact) mass is 285 g/mol. The van der Waals surface area contributed by atoms with Crippen molar-refractivity contribution in [2.24, 2.45) is 0 Å². The van der Waals surface area contributed by atoms with Crippen molar-refractivity contribution in [2.75, 3.05) is 5.73 Å². The predicted molar refractivity (Wildman–Crippen MR) is 86.5 cm³/mol. The number of carbonyl (C=O) groups excluding carboxylic acids is 1. The molecule has 0 unspecified atom stereocenters. The second-order valence-electron chi connectivity index (χ2n) is 5.51. The number of benzene rings is 1. The molecule has 0 amide bonds. The van der Waals surface area contributed by atoms with Crippen LogP contribution in [-0.2, 0) is 6.54 Å². The van der Waals surface area contributed by atoms with Gasteiger partial charge in [-0.3, -0.25) is 4.79 Å². The molecule has 0 radical (unpaired) electrons. The van der Waals surface area contributed by atoms with Crippen LogP contribution in [0.25, 0.3) is 11.3 Å². The molecule has 0 saturated carbocycles. The number of aldehydes is 1. The maximum Gasteiger partial charge on any atom is 0.156 e. The van der Waals surface area contributed by atoms with Crippen molar-refractivity contribution in [2.45, 2.75) is 46.6 Å². The van der Waals surface area contributed by atoms with Gasteiger partial charge in [0.25, 0.3) is 0 Å². The molecule has 0 fully saturated rings. The number of nitrogens with two attached hydrogens (primary N) is 1. The van der Waals surface area contributed by atoms with Crippen LogP contribution in [0.4, 0.5) is 5.82 Å². The summed E-state index contributed by atoms with van der Waals surface area (Å²) in [7, 11) is 0. The van der Waals surface area contributed by atoms with Crippen molar-refractivity contribution in [3.8, 4) is 11.3 Å². The Morgan fingerprint density at radius 3 is 2.67 bits per heavy atom. The number of aryl methyl sites for hydroxylation is 3. The first-order valence-corrected chi connectivity index (χ1v) is 7.47. The Morgan fingerprint density at radius 2 is 2.05 bits per heavy atom. The molecule has 21 heavy (non-hydrogen) atoms. The number of carbonyl (C=O) groups is 1. The van der Waals surface area contributed by atoms with Gasteiger partial charge in [0, 0.05) is 12.1 Å². The molecule has 1 aromatic heterocycles. The van der Waals surface area contributed by atoms with Gasteiger partial charge < -0.3 is 5.73 Å². The van der Waals surface area contributed by atoms with Crippen LogP contribution in [0.15, 0.2) is 18.2 Å². The highest BCUT2D eigenvalue weighted by atomic mass is 16.1. The number of anilines is 1. The quantitative estimate of drug-likeness (QED) is 0.649. The molecule has 4 nitrogen and oxygen atoms in total. The number of hydrogen-bond acceptors (Lipinski definition) is 3. The Morgan fingerprint density at radius 1 is 1.29 bits per heavy atom. The van der Waals surface area contributed by atoms with E-state index in [4.69, 9.17) is 5.73 Å². The summed E-state index contributed by atoms with van der Waals surface area (Å²) in [4.78, 5) is 11.4. The van der Waals surface area contributed by atoms with Gasteiger partial charge in [0.1, 0.15) is 11.5 Å². The van der Waals surface area contributed by atoms with Crippen LogP contribution in [0.5, 0.6) is 0 Å². The van der Waals surface area contributed by atoms with Gasteiger partial charge in [-0.15, -0.1) is 0 Å². The Balaban J connectivity index is 2.43. The van der Waals surface area contributed by atoms with E-state index in [9.17, 15) is 4.79 Å². The van der Waals surface area contributed by atoms with E-state index < -0.39 is 0 Å². The fourth-order valence-corrected chi connectivity index (χ4v) is 2.57. The van der Waals surface area contributed by atoms with Gasteiger partial charge in [-0.2, -0.15) is 5.10 Å². The molecule has 2 aromatic rings. The first-order chi connectivity index (χ1) is 10.1. The van der Waals surface area contributed by atoms with Gasteiger partial charge in [0.05, 0.1) is 5.56 Å². The smallest absolute Gasteiger partial charge is 0.156 e. The van der Waals surface area contributed by atoms with Crippen molar-refractivity contribution in [1.29, 1.82) is 0 Å². The zero-order valence-corrected chi connectivity index (χ0v) is 13.0. The third-order valence-electron chi connectivity index (χ3n) is 3.76. The topological polar surface area (TPSA) is 60.9 Å². The van der Waals surface area contributed by atoms with E-state index in [1.807, 2.05) is 19.1 Å². The van der Waals surface area contributed by atoms with E-state index in [1.165, 1.54) is 5.56 Å². The van der Waals surface area contributed by atoms with Crippen molar-refractivity contribution in [3.63, 3.8) is 0 Å². The minimum atomic E-state index is 0.469. The first-order valence-electron chi connectivity index (χ1n) is 7.47. The van der Waals surface area contributed by atoms with Crippen LogP contribution >= 0.6 is 0 Å². The largest absolute Gasteiger partial charge is 0.383 e. The molecule has 0 atom stereocenters. The molecular weight excluding hydrogens is 262 g/mol. The van der Waals surface area contributed by atoms with E-state index in [0.717, 1.165) is 43.2 Å². The van der Waals surface area contributed by atoms with Crippen molar-refractivity contribution < 1.29 is 4.79 Å². The van der Waals surface area contributed by atoms with Crippen LogP contribution in [-0.4, -0.2) is 16.1 Å². The predicted octanol–water partition coefficient (Wildman–Crippen LogP) is 3.75. The lowest BCUT2D eigenvalue weighted by atomic mass is 10.0. The average Bonchev–Trinajstić information content (AvgIpc) is 2.75. The van der Waals surface area contributed by atoms with Crippen LogP contribution in [0.3, 0.4) is 0 Å². The summed E-state index contributed by atoms with van der Waals surface area (Å²) >= 11 is 0. The fourth-order valence-electron chi connectivity index (χ4n) is 2.57. The molecular formula is C17H23N3O. The Hall–Kier alpha value is -2.10. The molecule has 112 valence electrons. The molecule has 4 heteroatoms. The minimum absolute atomic E-state index is 0.469. The van der Waals surface area contributed by atoms with Gasteiger partial charge in [-0.1, -0.05) is 43.5 Å². The van der Waals surface area contributed by atoms with Gasteiger partial charge in [0.2, 0.25) is 0 Å². The SMILES string of the molecule is CCCCCn1nc(-c2ccc(C)cc2C)c(C=O)c1N. The zero-order valence-electron chi connectivity index (χ0n) is 13.0. The lowest BCUT2D eigenvalue weighted by molar-refractivity contribution is 0.112. The van der Waals surface area contributed by atoms with E-state index >= 15 is 0 Å². The normalized spacial score (nSPS) is 10.8. The molecule has 2 N–H and O–H groups in total. The van der Waals surface area contributed by atoms with E-state index in [0.29, 0.717) is 17.1 Å². The highest BCUT2D eigenvalue weighted by Crippen LogP contribution is 2.29. The maximum atomic E-state index is 11.4. The Kier molecular flexibility index (Phi) is 4.78. The van der Waals surface area contributed by atoms with Gasteiger partial charge in [-0.05, 0) is 25.8 Å². The third kappa shape index (κ3) is 3.15.